The molecule has 0 bridgehead atoms. The van der Waals surface area contributed by atoms with E-state index in [1.807, 2.05) is 0 Å². The van der Waals surface area contributed by atoms with E-state index in [-0.39, 0.29) is 39.0 Å². The van der Waals surface area contributed by atoms with E-state index in [2.05, 4.69) is 31.4 Å². The van der Waals surface area contributed by atoms with Crippen LogP contribution >= 0.6 is 24.8 Å². The van der Waals surface area contributed by atoms with Gasteiger partial charge in [0.2, 0.25) is 0 Å². The van der Waals surface area contributed by atoms with Gasteiger partial charge in [-0.15, -0.1) is 12.6 Å². The number of nitrogens with zero attached hydrogens (tertiary/aromatic N) is 1. The van der Waals surface area contributed by atoms with Crippen molar-refractivity contribution in [2.75, 3.05) is 13.1 Å². The second-order valence-corrected chi connectivity index (χ2v) is 4.09. The fraction of sp³-hybridized carbons (Fsp3) is 0.889. The number of rotatable bonds is 6. The van der Waals surface area contributed by atoms with Gasteiger partial charge in [0.15, 0.2) is 0 Å². The molecule has 0 amide bonds. The minimum absolute atomic E-state index is 0. The van der Waals surface area contributed by atoms with Crippen molar-refractivity contribution < 1.29 is 39.0 Å². The van der Waals surface area contributed by atoms with Crippen molar-refractivity contribution in [1.29, 1.82) is 0 Å². The fourth-order valence-electron chi connectivity index (χ4n) is 1.00. The molecule has 0 aromatic heterocycles. The van der Waals surface area contributed by atoms with Crippen LogP contribution in [0.5, 0.6) is 0 Å². The molecule has 0 radical (unpaired) electrons. The number of thiol groups is 1. The summed E-state index contributed by atoms with van der Waals surface area (Å²) in [4.78, 5) is 2.19. The Kier molecular flexibility index (Phi) is 21.6. The Morgan fingerprint density at radius 1 is 1.07 bits per heavy atom. The molecule has 0 aromatic carbocycles. The van der Waals surface area contributed by atoms with Crippen LogP contribution in [0.25, 0.3) is 0 Å². The van der Waals surface area contributed by atoms with Crippen molar-refractivity contribution in [3.05, 3.63) is 0 Å². The summed E-state index contributed by atoms with van der Waals surface area (Å²) >= 11 is 9.23. The Labute approximate surface area is 125 Å². The van der Waals surface area contributed by atoms with Gasteiger partial charge in [0.1, 0.15) is 4.32 Å². The van der Waals surface area contributed by atoms with Crippen LogP contribution in [0.15, 0.2) is 0 Å². The van der Waals surface area contributed by atoms with Crippen molar-refractivity contribution in [3.8, 4) is 0 Å². The average molecular weight is 336 g/mol. The van der Waals surface area contributed by atoms with Gasteiger partial charge in [-0.05, 0) is 12.8 Å². The summed E-state index contributed by atoms with van der Waals surface area (Å²) in [5.41, 5.74) is 0. The van der Waals surface area contributed by atoms with Gasteiger partial charge in [0, 0.05) is 52.0 Å². The summed E-state index contributed by atoms with van der Waals surface area (Å²) in [5, 5.41) is 0. The van der Waals surface area contributed by atoms with Gasteiger partial charge in [-0.1, -0.05) is 38.9 Å². The van der Waals surface area contributed by atoms with E-state index < -0.39 is 0 Å². The van der Waals surface area contributed by atoms with E-state index in [1.54, 1.807) is 0 Å². The minimum atomic E-state index is 0. The van der Waals surface area contributed by atoms with Crippen molar-refractivity contribution in [2.45, 2.75) is 39.5 Å². The van der Waals surface area contributed by atoms with Crippen molar-refractivity contribution >= 4 is 29.2 Å². The van der Waals surface area contributed by atoms with Gasteiger partial charge in [-0.3, -0.25) is 0 Å². The Hall–Kier alpha value is 1.49. The molecule has 0 aliphatic heterocycles. The van der Waals surface area contributed by atoms with Crippen LogP contribution in [0.2, 0.25) is 0 Å². The molecular formula is C9H19NS2Zn2. The maximum absolute atomic E-state index is 5.03. The van der Waals surface area contributed by atoms with E-state index >= 15 is 0 Å². The summed E-state index contributed by atoms with van der Waals surface area (Å²) in [6.45, 7) is 6.52. The largest absolute Gasteiger partial charge is 0.358 e. The molecule has 0 saturated heterocycles. The van der Waals surface area contributed by atoms with Gasteiger partial charge < -0.3 is 4.90 Å². The first-order valence-electron chi connectivity index (χ1n) is 4.70. The van der Waals surface area contributed by atoms with E-state index in [1.165, 1.54) is 25.7 Å². The molecule has 0 heterocycles. The number of hydrogen-bond acceptors (Lipinski definition) is 1. The summed E-state index contributed by atoms with van der Waals surface area (Å²) in [6.07, 6.45) is 4.87. The molecule has 0 aliphatic carbocycles. The van der Waals surface area contributed by atoms with Crippen LogP contribution in [0, 0.1) is 0 Å². The van der Waals surface area contributed by atoms with Gasteiger partial charge in [0.05, 0.1) is 0 Å². The van der Waals surface area contributed by atoms with Crippen molar-refractivity contribution in [3.63, 3.8) is 0 Å². The predicted octanol–water partition coefficient (Wildman–Crippen LogP) is 3.10. The molecule has 0 aliphatic rings. The first kappa shape index (κ1) is 20.8. The molecule has 76 valence electrons. The smallest absolute Gasteiger partial charge is 0.133 e. The number of hydrogen-bond donors (Lipinski definition) is 1. The van der Waals surface area contributed by atoms with Crippen LogP contribution < -0.4 is 0 Å². The van der Waals surface area contributed by atoms with E-state index in [0.717, 1.165) is 17.4 Å². The predicted molar refractivity (Wildman–Crippen MR) is 63.0 cm³/mol. The third kappa shape index (κ3) is 11.6. The maximum atomic E-state index is 5.03. The van der Waals surface area contributed by atoms with Crippen molar-refractivity contribution in [2.24, 2.45) is 0 Å². The number of thiocarbonyl (C=S) groups is 1. The van der Waals surface area contributed by atoms with Gasteiger partial charge >= 0.3 is 0 Å². The molecule has 0 atom stereocenters. The first-order valence-corrected chi connectivity index (χ1v) is 5.55. The first-order chi connectivity index (χ1) is 5.72. The molecule has 0 aromatic rings. The SMILES string of the molecule is CCCCN(CCCC)C(=S)S.[Zn].[Zn]. The maximum Gasteiger partial charge on any atom is 0.133 e. The normalized spacial score (nSPS) is 8.50. The average Bonchev–Trinajstić information content (AvgIpc) is 2.04. The quantitative estimate of drug-likeness (QED) is 0.451. The topological polar surface area (TPSA) is 3.24 Å². The number of unbranched alkanes of at least 4 members (excludes halogenated alkanes) is 2. The van der Waals surface area contributed by atoms with Crippen LogP contribution in [0.4, 0.5) is 0 Å². The van der Waals surface area contributed by atoms with Gasteiger partial charge in [-0.25, -0.2) is 0 Å². The van der Waals surface area contributed by atoms with Crippen LogP contribution in [-0.2, 0) is 39.0 Å². The molecule has 0 N–H and O–H groups in total. The Bertz CT molecular complexity index is 126. The zero-order valence-electron chi connectivity index (χ0n) is 9.46. The molecule has 1 nitrogen and oxygen atoms in total. The molecule has 14 heavy (non-hydrogen) atoms. The summed E-state index contributed by atoms with van der Waals surface area (Å²) < 4.78 is 0.747. The van der Waals surface area contributed by atoms with E-state index in [4.69, 9.17) is 12.2 Å². The van der Waals surface area contributed by atoms with Crippen LogP contribution in [0.1, 0.15) is 39.5 Å². The summed E-state index contributed by atoms with van der Waals surface area (Å²) in [6, 6.07) is 0. The zero-order valence-corrected chi connectivity index (χ0v) is 17.1. The summed E-state index contributed by atoms with van der Waals surface area (Å²) in [5.74, 6) is 0. The third-order valence-corrected chi connectivity index (χ3v) is 2.37. The second-order valence-electron chi connectivity index (χ2n) is 2.98. The second kappa shape index (κ2) is 14.5. The molecule has 5 heteroatoms. The zero-order chi connectivity index (χ0) is 9.40. The molecule has 0 rings (SSSR count). The molecule has 0 unspecified atom stereocenters. The minimum Gasteiger partial charge on any atom is -0.358 e. The van der Waals surface area contributed by atoms with Crippen LogP contribution in [-0.4, -0.2) is 22.3 Å². The Morgan fingerprint density at radius 3 is 1.64 bits per heavy atom. The van der Waals surface area contributed by atoms with Crippen molar-refractivity contribution in [1.82, 2.24) is 4.90 Å². The molecule has 0 spiro atoms. The molecular weight excluding hydrogens is 317 g/mol. The Balaban J connectivity index is -0.000000605. The molecule has 0 saturated carbocycles. The van der Waals surface area contributed by atoms with Gasteiger partial charge in [0.25, 0.3) is 0 Å². The Morgan fingerprint density at radius 2 is 1.43 bits per heavy atom. The summed E-state index contributed by atoms with van der Waals surface area (Å²) in [7, 11) is 0. The fourth-order valence-corrected chi connectivity index (χ4v) is 1.38. The molecule has 0 fully saturated rings. The monoisotopic (exact) mass is 333 g/mol. The standard InChI is InChI=1S/C9H19NS2.2Zn/c1-3-5-7-10(9(11)12)8-6-4-2;;/h3-8H2,1-2H3,(H,11,12);;. The van der Waals surface area contributed by atoms with Gasteiger partial charge in [-0.2, -0.15) is 0 Å². The van der Waals surface area contributed by atoms with E-state index in [0.29, 0.717) is 0 Å². The van der Waals surface area contributed by atoms with Crippen LogP contribution in [0.3, 0.4) is 0 Å². The van der Waals surface area contributed by atoms with E-state index in [9.17, 15) is 0 Å². The third-order valence-electron chi connectivity index (χ3n) is 1.83.